The van der Waals surface area contributed by atoms with E-state index in [1.165, 1.54) is 276 Å². The lowest BCUT2D eigenvalue weighted by Crippen LogP contribution is -2.53. The first-order chi connectivity index (χ1) is 33.5. The van der Waals surface area contributed by atoms with Gasteiger partial charge in [0.25, 0.3) is 0 Å². The largest absolute Gasteiger partial charge is 0.394 e. The minimum Gasteiger partial charge on any atom is -0.394 e. The maximum Gasteiger partial charge on any atom is 0.249 e. The van der Waals surface area contributed by atoms with Crippen LogP contribution in [0.15, 0.2) is 12.2 Å². The second-order valence-electron chi connectivity index (χ2n) is 21.8. The molecule has 0 heterocycles. The number of allylic oxidation sites excluding steroid dienone is 2. The maximum atomic E-state index is 12.6. The van der Waals surface area contributed by atoms with Crippen molar-refractivity contribution in [2.75, 3.05) is 6.61 Å². The molecule has 0 fully saturated rings. The molecule has 0 rings (SSSR count). The van der Waals surface area contributed by atoms with Crippen LogP contribution < -0.4 is 5.32 Å². The predicted octanol–water partition coefficient (Wildman–Crippen LogP) is 18.4. The topological polar surface area (TPSA) is 110 Å². The molecular weight excluding hydrogens is 839 g/mol. The lowest BCUT2D eigenvalue weighted by molar-refractivity contribution is -0.132. The molecule has 0 aromatic rings. The Kier molecular flexibility index (Phi) is 56.2. The first-order valence-corrected chi connectivity index (χ1v) is 31.1. The van der Waals surface area contributed by atoms with E-state index in [0.29, 0.717) is 12.8 Å². The summed E-state index contributed by atoms with van der Waals surface area (Å²) in [6, 6.07) is -0.987. The van der Waals surface area contributed by atoms with Gasteiger partial charge in [0, 0.05) is 0 Å². The molecule has 0 aliphatic heterocycles. The van der Waals surface area contributed by atoms with Gasteiger partial charge >= 0.3 is 0 Å². The molecule has 4 atom stereocenters. The summed E-state index contributed by atoms with van der Waals surface area (Å²) in [7, 11) is 0. The molecular formula is C62H123NO5. The van der Waals surface area contributed by atoms with Gasteiger partial charge in [-0.05, 0) is 38.5 Å². The van der Waals surface area contributed by atoms with Crippen molar-refractivity contribution < 1.29 is 25.2 Å². The summed E-state index contributed by atoms with van der Waals surface area (Å²) in [5, 5.41) is 44.1. The molecule has 0 aliphatic carbocycles. The average Bonchev–Trinajstić information content (AvgIpc) is 3.34. The number of hydrogen-bond donors (Lipinski definition) is 5. The third-order valence-corrected chi connectivity index (χ3v) is 15.0. The molecule has 1 amide bonds. The standard InChI is InChI=1S/C62H123NO5/c1-3-5-7-9-11-13-15-17-19-21-23-25-26-27-28-29-30-31-32-33-34-35-36-38-39-41-43-45-47-49-51-53-55-59(65)61(67)58(57-64)63-62(68)60(66)56-54-52-50-48-46-44-42-40-37-24-22-20-18-16-14-12-10-8-6-4-2/h37,40,58-61,64-67H,3-36,38-39,41-57H2,1-2H3,(H,63,68)/b40-37-. The van der Waals surface area contributed by atoms with Crippen LogP contribution in [0.2, 0.25) is 0 Å². The highest BCUT2D eigenvalue weighted by Crippen LogP contribution is 2.19. The minimum absolute atomic E-state index is 0.365. The zero-order valence-electron chi connectivity index (χ0n) is 46.1. The number of nitrogens with one attached hydrogen (secondary N) is 1. The molecule has 0 saturated heterocycles. The van der Waals surface area contributed by atoms with Gasteiger partial charge in [0.2, 0.25) is 5.91 Å². The highest BCUT2D eigenvalue weighted by Gasteiger charge is 2.28. The Labute approximate surface area is 425 Å². The van der Waals surface area contributed by atoms with Gasteiger partial charge in [-0.15, -0.1) is 0 Å². The van der Waals surface area contributed by atoms with Gasteiger partial charge in [-0.25, -0.2) is 0 Å². The van der Waals surface area contributed by atoms with Crippen LogP contribution in [-0.4, -0.2) is 57.3 Å². The molecule has 0 aliphatic rings. The van der Waals surface area contributed by atoms with Crippen molar-refractivity contribution in [1.29, 1.82) is 0 Å². The van der Waals surface area contributed by atoms with Crippen molar-refractivity contribution in [3.05, 3.63) is 12.2 Å². The third kappa shape index (κ3) is 50.0. The number of hydrogen-bond acceptors (Lipinski definition) is 5. The second kappa shape index (κ2) is 57.0. The van der Waals surface area contributed by atoms with E-state index in [0.717, 1.165) is 44.9 Å². The molecule has 6 heteroatoms. The van der Waals surface area contributed by atoms with E-state index in [4.69, 9.17) is 0 Å². The molecule has 4 unspecified atom stereocenters. The highest BCUT2D eigenvalue weighted by atomic mass is 16.3. The maximum absolute atomic E-state index is 12.6. The normalized spacial score (nSPS) is 13.7. The van der Waals surface area contributed by atoms with Gasteiger partial charge in [0.05, 0.1) is 18.8 Å². The Balaban J connectivity index is 3.55. The van der Waals surface area contributed by atoms with E-state index in [1.54, 1.807) is 0 Å². The van der Waals surface area contributed by atoms with Gasteiger partial charge in [-0.1, -0.05) is 321 Å². The number of aliphatic hydroxyl groups is 4. The highest BCUT2D eigenvalue weighted by molar-refractivity contribution is 5.80. The number of carbonyl (C=O) groups is 1. The first-order valence-electron chi connectivity index (χ1n) is 31.1. The van der Waals surface area contributed by atoms with Crippen molar-refractivity contribution >= 4 is 5.91 Å². The number of carbonyl (C=O) groups excluding carboxylic acids is 1. The van der Waals surface area contributed by atoms with E-state index in [2.05, 4.69) is 31.3 Å². The number of amides is 1. The van der Waals surface area contributed by atoms with Crippen LogP contribution in [-0.2, 0) is 4.79 Å². The van der Waals surface area contributed by atoms with Gasteiger partial charge in [0.15, 0.2) is 0 Å². The zero-order chi connectivity index (χ0) is 49.5. The summed E-state index contributed by atoms with van der Waals surface area (Å²) in [6.45, 7) is 4.10. The van der Waals surface area contributed by atoms with E-state index in [9.17, 15) is 25.2 Å². The molecule has 0 radical (unpaired) electrons. The Morgan fingerprint density at radius 3 is 0.853 bits per heavy atom. The summed E-state index contributed by atoms with van der Waals surface area (Å²) in [5.41, 5.74) is 0. The molecule has 0 aromatic heterocycles. The Hall–Kier alpha value is -0.950. The van der Waals surface area contributed by atoms with Gasteiger partial charge in [-0.2, -0.15) is 0 Å². The molecule has 0 saturated carbocycles. The average molecular weight is 963 g/mol. The van der Waals surface area contributed by atoms with Crippen molar-refractivity contribution in [2.45, 2.75) is 372 Å². The Bertz CT molecular complexity index is 990. The monoisotopic (exact) mass is 962 g/mol. The minimum atomic E-state index is -1.26. The molecule has 0 spiro atoms. The van der Waals surface area contributed by atoms with Crippen molar-refractivity contribution in [1.82, 2.24) is 5.32 Å². The Morgan fingerprint density at radius 2 is 0.588 bits per heavy atom. The van der Waals surface area contributed by atoms with Crippen molar-refractivity contribution in [2.24, 2.45) is 0 Å². The van der Waals surface area contributed by atoms with E-state index >= 15 is 0 Å². The lowest BCUT2D eigenvalue weighted by atomic mass is 9.99. The first kappa shape index (κ1) is 67.0. The van der Waals surface area contributed by atoms with Gasteiger partial charge < -0.3 is 25.7 Å². The second-order valence-corrected chi connectivity index (χ2v) is 21.8. The fourth-order valence-corrected chi connectivity index (χ4v) is 10.1. The number of rotatable bonds is 58. The van der Waals surface area contributed by atoms with Crippen LogP contribution in [0.25, 0.3) is 0 Å². The molecule has 406 valence electrons. The fraction of sp³-hybridized carbons (Fsp3) is 0.952. The van der Waals surface area contributed by atoms with Crippen LogP contribution >= 0.6 is 0 Å². The summed E-state index contributed by atoms with van der Waals surface area (Å²) in [6.07, 6.45) is 68.8. The number of unbranched alkanes of at least 4 members (excludes halogenated alkanes) is 47. The van der Waals surface area contributed by atoms with Crippen molar-refractivity contribution in [3.63, 3.8) is 0 Å². The third-order valence-electron chi connectivity index (χ3n) is 15.0. The number of aliphatic hydroxyl groups excluding tert-OH is 4. The van der Waals surface area contributed by atoms with Crippen LogP contribution in [0.4, 0.5) is 0 Å². The summed E-state index contributed by atoms with van der Waals surface area (Å²) >= 11 is 0. The molecule has 6 nitrogen and oxygen atoms in total. The van der Waals surface area contributed by atoms with Crippen LogP contribution in [0.3, 0.4) is 0 Å². The SMILES string of the molecule is CCCCCCCCCCCC/C=C\CCCCCCCCC(O)C(=O)NC(CO)C(O)C(O)CCCCCCCCCCCCCCCCCCCCCCCCCCCCCCCCCC. The molecule has 68 heavy (non-hydrogen) atoms. The van der Waals surface area contributed by atoms with E-state index in [1.807, 2.05) is 0 Å². The van der Waals surface area contributed by atoms with E-state index < -0.39 is 36.9 Å². The summed E-state index contributed by atoms with van der Waals surface area (Å²) in [5.74, 6) is -0.582. The summed E-state index contributed by atoms with van der Waals surface area (Å²) < 4.78 is 0. The van der Waals surface area contributed by atoms with Crippen LogP contribution in [0.1, 0.15) is 348 Å². The van der Waals surface area contributed by atoms with Crippen molar-refractivity contribution in [3.8, 4) is 0 Å². The quantitative estimate of drug-likeness (QED) is 0.0308. The van der Waals surface area contributed by atoms with Crippen LogP contribution in [0, 0.1) is 0 Å². The fourth-order valence-electron chi connectivity index (χ4n) is 10.1. The Morgan fingerprint density at radius 1 is 0.353 bits per heavy atom. The van der Waals surface area contributed by atoms with Crippen LogP contribution in [0.5, 0.6) is 0 Å². The molecule has 0 bridgehead atoms. The molecule has 5 N–H and O–H groups in total. The summed E-state index contributed by atoms with van der Waals surface area (Å²) in [4.78, 5) is 12.6. The van der Waals surface area contributed by atoms with Gasteiger partial charge in [0.1, 0.15) is 12.2 Å². The predicted molar refractivity (Wildman–Crippen MR) is 298 cm³/mol. The molecule has 0 aromatic carbocycles. The zero-order valence-corrected chi connectivity index (χ0v) is 46.1. The van der Waals surface area contributed by atoms with E-state index in [-0.39, 0.29) is 0 Å². The smallest absolute Gasteiger partial charge is 0.249 e. The lowest BCUT2D eigenvalue weighted by Gasteiger charge is -2.27. The van der Waals surface area contributed by atoms with Gasteiger partial charge in [-0.3, -0.25) is 4.79 Å².